The highest BCUT2D eigenvalue weighted by Gasteiger charge is 2.32. The smallest absolute Gasteiger partial charge is 0.117 e. The molecule has 21 heavy (non-hydrogen) atoms. The number of aliphatic hydroxyl groups is 1. The first-order valence-electron chi connectivity index (χ1n) is 6.87. The Morgan fingerprint density at radius 2 is 1.67 bits per heavy atom. The van der Waals surface area contributed by atoms with E-state index in [0.717, 1.165) is 50.4 Å². The van der Waals surface area contributed by atoms with Crippen molar-refractivity contribution in [2.75, 3.05) is 32.8 Å². The minimum atomic E-state index is -0.863. The molecule has 0 unspecified atom stereocenters. The van der Waals surface area contributed by atoms with Crippen molar-refractivity contribution in [1.29, 1.82) is 0 Å². The Morgan fingerprint density at radius 1 is 1.10 bits per heavy atom. The van der Waals surface area contributed by atoms with Crippen molar-refractivity contribution in [3.63, 3.8) is 0 Å². The Morgan fingerprint density at radius 3 is 2.14 bits per heavy atom. The largest absolute Gasteiger partial charge is 0.380 e. The molecule has 116 valence electrons. The zero-order valence-electron chi connectivity index (χ0n) is 11.7. The molecule has 1 aliphatic heterocycles. The highest BCUT2D eigenvalue weighted by molar-refractivity contribution is 8.93. The molecule has 0 aromatic carbocycles. The van der Waals surface area contributed by atoms with E-state index >= 15 is 0 Å². The molecule has 3 rings (SSSR count). The van der Waals surface area contributed by atoms with E-state index in [2.05, 4.69) is 15.7 Å². The summed E-state index contributed by atoms with van der Waals surface area (Å²) < 4.78 is 5.38. The van der Waals surface area contributed by atoms with Gasteiger partial charge in [-0.15, -0.1) is 17.0 Å². The summed E-state index contributed by atoms with van der Waals surface area (Å²) in [4.78, 5) is 2.37. The molecule has 2 aromatic rings. The number of thiophene rings is 2. The molecule has 1 fully saturated rings. The van der Waals surface area contributed by atoms with Crippen LogP contribution >= 0.6 is 39.7 Å². The summed E-state index contributed by atoms with van der Waals surface area (Å²) in [6, 6.07) is 4.06. The van der Waals surface area contributed by atoms with Crippen LogP contribution in [0.3, 0.4) is 0 Å². The van der Waals surface area contributed by atoms with Gasteiger partial charge in [0.15, 0.2) is 0 Å². The molecule has 0 atom stereocenters. The first-order chi connectivity index (χ1) is 9.79. The predicted molar refractivity (Wildman–Crippen MR) is 93.8 cm³/mol. The van der Waals surface area contributed by atoms with Gasteiger partial charge in [-0.1, -0.05) is 0 Å². The van der Waals surface area contributed by atoms with Gasteiger partial charge in [0.25, 0.3) is 0 Å². The lowest BCUT2D eigenvalue weighted by molar-refractivity contribution is 0.0146. The molecular weight excluding hydrogens is 370 g/mol. The van der Waals surface area contributed by atoms with Gasteiger partial charge in [0.2, 0.25) is 0 Å². The van der Waals surface area contributed by atoms with Gasteiger partial charge in [0.1, 0.15) is 5.60 Å². The summed E-state index contributed by atoms with van der Waals surface area (Å²) in [6.45, 7) is 4.42. The van der Waals surface area contributed by atoms with Crippen LogP contribution in [0.25, 0.3) is 0 Å². The van der Waals surface area contributed by atoms with Gasteiger partial charge in [-0.3, -0.25) is 4.90 Å². The van der Waals surface area contributed by atoms with Gasteiger partial charge in [0, 0.05) is 19.6 Å². The fraction of sp³-hybridized carbons (Fsp3) is 0.467. The number of nitrogens with zero attached hydrogens (tertiary/aromatic N) is 1. The summed E-state index contributed by atoms with van der Waals surface area (Å²) in [5, 5.41) is 19.4. The topological polar surface area (TPSA) is 32.7 Å². The van der Waals surface area contributed by atoms with Gasteiger partial charge < -0.3 is 9.84 Å². The SMILES string of the molecule is Br.OC(CCN1CCOCC1)(c1ccsc1)c1ccsc1. The van der Waals surface area contributed by atoms with E-state index in [-0.39, 0.29) is 17.0 Å². The van der Waals surface area contributed by atoms with Crippen molar-refractivity contribution >= 4 is 39.7 Å². The molecule has 3 nitrogen and oxygen atoms in total. The molecule has 0 radical (unpaired) electrons. The van der Waals surface area contributed by atoms with E-state index in [4.69, 9.17) is 4.74 Å². The lowest BCUT2D eigenvalue weighted by Gasteiger charge is -2.32. The van der Waals surface area contributed by atoms with Gasteiger partial charge in [-0.25, -0.2) is 0 Å². The second kappa shape index (κ2) is 7.85. The zero-order chi connectivity index (χ0) is 13.8. The van der Waals surface area contributed by atoms with Crippen molar-refractivity contribution < 1.29 is 9.84 Å². The Kier molecular flexibility index (Phi) is 6.40. The maximum absolute atomic E-state index is 11.2. The van der Waals surface area contributed by atoms with Gasteiger partial charge >= 0.3 is 0 Å². The van der Waals surface area contributed by atoms with Crippen LogP contribution in [0.1, 0.15) is 17.5 Å². The second-order valence-corrected chi connectivity index (χ2v) is 6.65. The molecule has 0 amide bonds. The summed E-state index contributed by atoms with van der Waals surface area (Å²) in [6.07, 6.45) is 0.723. The van der Waals surface area contributed by atoms with Crippen molar-refractivity contribution in [2.45, 2.75) is 12.0 Å². The molecular formula is C15H20BrNO2S2. The number of hydrogen-bond donors (Lipinski definition) is 1. The maximum atomic E-state index is 11.2. The summed E-state index contributed by atoms with van der Waals surface area (Å²) in [5.74, 6) is 0. The molecule has 2 aromatic heterocycles. The van der Waals surface area contributed by atoms with Crippen LogP contribution in [-0.2, 0) is 10.3 Å². The third-order valence-electron chi connectivity index (χ3n) is 3.89. The molecule has 0 bridgehead atoms. The Hall–Kier alpha value is -0.240. The van der Waals surface area contributed by atoms with E-state index in [1.54, 1.807) is 22.7 Å². The van der Waals surface area contributed by atoms with E-state index in [1.165, 1.54) is 0 Å². The third kappa shape index (κ3) is 3.94. The fourth-order valence-corrected chi connectivity index (χ4v) is 4.05. The normalized spacial score (nSPS) is 16.6. The summed E-state index contributed by atoms with van der Waals surface area (Å²) >= 11 is 3.27. The van der Waals surface area contributed by atoms with Crippen LogP contribution in [0.4, 0.5) is 0 Å². The highest BCUT2D eigenvalue weighted by atomic mass is 79.9. The highest BCUT2D eigenvalue weighted by Crippen LogP contribution is 2.35. The van der Waals surface area contributed by atoms with E-state index in [9.17, 15) is 5.11 Å². The molecule has 0 saturated carbocycles. The molecule has 1 aliphatic rings. The van der Waals surface area contributed by atoms with Crippen LogP contribution in [0.15, 0.2) is 33.7 Å². The van der Waals surface area contributed by atoms with Gasteiger partial charge in [-0.05, 0) is 51.2 Å². The van der Waals surface area contributed by atoms with Crippen LogP contribution in [0, 0.1) is 0 Å². The molecule has 6 heteroatoms. The van der Waals surface area contributed by atoms with E-state index in [0.29, 0.717) is 0 Å². The van der Waals surface area contributed by atoms with Crippen LogP contribution in [-0.4, -0.2) is 42.9 Å². The minimum absolute atomic E-state index is 0. The fourth-order valence-electron chi connectivity index (χ4n) is 2.60. The molecule has 3 heterocycles. The van der Waals surface area contributed by atoms with Gasteiger partial charge in [0.05, 0.1) is 13.2 Å². The number of halogens is 1. The maximum Gasteiger partial charge on any atom is 0.117 e. The minimum Gasteiger partial charge on any atom is -0.380 e. The standard InChI is InChI=1S/C15H19NO2S2.BrH/c17-15(13-1-9-19-11-13,14-2-10-20-12-14)3-4-16-5-7-18-8-6-16;/h1-2,9-12,17H,3-8H2;1H. The lowest BCUT2D eigenvalue weighted by atomic mass is 9.86. The number of rotatable bonds is 5. The average molecular weight is 390 g/mol. The number of morpholine rings is 1. The Bertz CT molecular complexity index is 476. The molecule has 0 aliphatic carbocycles. The van der Waals surface area contributed by atoms with Crippen molar-refractivity contribution in [1.82, 2.24) is 4.90 Å². The van der Waals surface area contributed by atoms with Crippen molar-refractivity contribution in [2.24, 2.45) is 0 Å². The number of hydrogen-bond acceptors (Lipinski definition) is 5. The third-order valence-corrected chi connectivity index (χ3v) is 5.26. The predicted octanol–water partition coefficient (Wildman–Crippen LogP) is 3.35. The second-order valence-electron chi connectivity index (χ2n) is 5.09. The van der Waals surface area contributed by atoms with E-state index < -0.39 is 5.60 Å². The summed E-state index contributed by atoms with van der Waals surface area (Å²) in [7, 11) is 0. The van der Waals surface area contributed by atoms with Crippen LogP contribution in [0.2, 0.25) is 0 Å². The van der Waals surface area contributed by atoms with Crippen LogP contribution in [0.5, 0.6) is 0 Å². The molecule has 1 saturated heterocycles. The molecule has 1 N–H and O–H groups in total. The average Bonchev–Trinajstić information content (AvgIpc) is 3.18. The first-order valence-corrected chi connectivity index (χ1v) is 8.75. The Balaban J connectivity index is 0.00000161. The zero-order valence-corrected chi connectivity index (χ0v) is 15.1. The quantitative estimate of drug-likeness (QED) is 0.850. The molecule has 0 spiro atoms. The van der Waals surface area contributed by atoms with Crippen molar-refractivity contribution in [3.05, 3.63) is 44.8 Å². The van der Waals surface area contributed by atoms with E-state index in [1.807, 2.05) is 22.9 Å². The monoisotopic (exact) mass is 389 g/mol. The lowest BCUT2D eigenvalue weighted by Crippen LogP contribution is -2.40. The van der Waals surface area contributed by atoms with Crippen molar-refractivity contribution in [3.8, 4) is 0 Å². The van der Waals surface area contributed by atoms with Crippen LogP contribution < -0.4 is 0 Å². The van der Waals surface area contributed by atoms with Gasteiger partial charge in [-0.2, -0.15) is 22.7 Å². The summed E-state index contributed by atoms with van der Waals surface area (Å²) in [5.41, 5.74) is 1.15. The Labute approximate surface area is 143 Å². The number of ether oxygens (including phenoxy) is 1. The first kappa shape index (κ1) is 17.1.